The predicted molar refractivity (Wildman–Crippen MR) is 98.2 cm³/mol. The monoisotopic (exact) mass is 363 g/mol. The Bertz CT molecular complexity index is 629. The van der Waals surface area contributed by atoms with Gasteiger partial charge in [0.05, 0.1) is 6.42 Å². The largest absolute Gasteiger partial charge is 0.339 e. The Morgan fingerprint density at radius 3 is 2.44 bits per heavy atom. The SMILES string of the molecule is NC[C@H]1CCC[C@H]1C(=O)N1CCN(C(=O)Cc2ccccc2Cl)CC1. The number of carbonyl (C=O) groups is 2. The molecule has 1 aromatic rings. The van der Waals surface area contributed by atoms with Crippen molar-refractivity contribution in [2.45, 2.75) is 25.7 Å². The van der Waals surface area contributed by atoms with E-state index in [2.05, 4.69) is 0 Å². The van der Waals surface area contributed by atoms with E-state index < -0.39 is 0 Å². The van der Waals surface area contributed by atoms with E-state index in [-0.39, 0.29) is 17.7 Å². The molecular formula is C19H26ClN3O2. The third-order valence-electron chi connectivity index (χ3n) is 5.52. The van der Waals surface area contributed by atoms with Crippen LogP contribution in [-0.4, -0.2) is 54.3 Å². The highest BCUT2D eigenvalue weighted by molar-refractivity contribution is 6.31. The third-order valence-corrected chi connectivity index (χ3v) is 5.89. The Hall–Kier alpha value is -1.59. The van der Waals surface area contributed by atoms with Crippen molar-refractivity contribution in [2.24, 2.45) is 17.6 Å². The van der Waals surface area contributed by atoms with Crippen LogP contribution in [0.5, 0.6) is 0 Å². The van der Waals surface area contributed by atoms with Gasteiger partial charge >= 0.3 is 0 Å². The molecule has 1 aliphatic heterocycles. The zero-order chi connectivity index (χ0) is 17.8. The summed E-state index contributed by atoms with van der Waals surface area (Å²) >= 11 is 6.14. The van der Waals surface area contributed by atoms with Crippen LogP contribution in [0.1, 0.15) is 24.8 Å². The van der Waals surface area contributed by atoms with E-state index in [4.69, 9.17) is 17.3 Å². The van der Waals surface area contributed by atoms with Crippen LogP contribution in [0.4, 0.5) is 0 Å². The summed E-state index contributed by atoms with van der Waals surface area (Å²) in [5.41, 5.74) is 6.66. The molecule has 5 nitrogen and oxygen atoms in total. The molecular weight excluding hydrogens is 338 g/mol. The second-order valence-electron chi connectivity index (χ2n) is 7.01. The number of amides is 2. The van der Waals surface area contributed by atoms with Gasteiger partial charge in [-0.15, -0.1) is 0 Å². The van der Waals surface area contributed by atoms with Crippen LogP contribution in [0.15, 0.2) is 24.3 Å². The summed E-state index contributed by atoms with van der Waals surface area (Å²) in [5.74, 6) is 0.704. The van der Waals surface area contributed by atoms with Gasteiger partial charge in [-0.05, 0) is 36.9 Å². The Labute approximate surface area is 154 Å². The molecule has 3 rings (SSSR count). The number of hydrogen-bond acceptors (Lipinski definition) is 3. The number of rotatable bonds is 4. The number of piperazine rings is 1. The van der Waals surface area contributed by atoms with Gasteiger partial charge in [0.25, 0.3) is 0 Å². The third kappa shape index (κ3) is 4.15. The molecule has 1 saturated carbocycles. The molecule has 1 aromatic carbocycles. The highest BCUT2D eigenvalue weighted by atomic mass is 35.5. The normalized spacial score (nSPS) is 23.8. The van der Waals surface area contributed by atoms with E-state index in [0.29, 0.717) is 50.1 Å². The van der Waals surface area contributed by atoms with Crippen molar-refractivity contribution in [1.29, 1.82) is 0 Å². The van der Waals surface area contributed by atoms with Crippen molar-refractivity contribution in [3.8, 4) is 0 Å². The molecule has 0 bridgehead atoms. The van der Waals surface area contributed by atoms with Gasteiger partial charge in [-0.2, -0.15) is 0 Å². The Balaban J connectivity index is 1.52. The minimum absolute atomic E-state index is 0.0703. The lowest BCUT2D eigenvalue weighted by Gasteiger charge is -2.37. The van der Waals surface area contributed by atoms with E-state index >= 15 is 0 Å². The summed E-state index contributed by atoms with van der Waals surface area (Å²) in [6.07, 6.45) is 3.41. The fraction of sp³-hybridized carbons (Fsp3) is 0.579. The van der Waals surface area contributed by atoms with Gasteiger partial charge < -0.3 is 15.5 Å². The summed E-state index contributed by atoms with van der Waals surface area (Å²) in [6, 6.07) is 7.43. The van der Waals surface area contributed by atoms with Crippen molar-refractivity contribution >= 4 is 23.4 Å². The van der Waals surface area contributed by atoms with Crippen molar-refractivity contribution in [3.63, 3.8) is 0 Å². The molecule has 1 heterocycles. The number of benzene rings is 1. The highest BCUT2D eigenvalue weighted by Crippen LogP contribution is 2.32. The molecule has 0 spiro atoms. The molecule has 2 aliphatic rings. The predicted octanol–water partition coefficient (Wildman–Crippen LogP) is 1.93. The molecule has 2 N–H and O–H groups in total. The quantitative estimate of drug-likeness (QED) is 0.888. The molecule has 0 aromatic heterocycles. The lowest BCUT2D eigenvalue weighted by atomic mass is 9.94. The Morgan fingerprint density at radius 1 is 1.08 bits per heavy atom. The molecule has 2 atom stereocenters. The second kappa shape index (κ2) is 8.19. The molecule has 0 radical (unpaired) electrons. The van der Waals surface area contributed by atoms with Crippen LogP contribution < -0.4 is 5.73 Å². The second-order valence-corrected chi connectivity index (χ2v) is 7.41. The minimum atomic E-state index is 0.0703. The van der Waals surface area contributed by atoms with Crippen LogP contribution in [-0.2, 0) is 16.0 Å². The first-order chi connectivity index (χ1) is 12.1. The fourth-order valence-electron chi connectivity index (χ4n) is 3.97. The van der Waals surface area contributed by atoms with Crippen LogP contribution in [0.25, 0.3) is 0 Å². The van der Waals surface area contributed by atoms with Crippen molar-refractivity contribution in [1.82, 2.24) is 9.80 Å². The number of nitrogens with two attached hydrogens (primary N) is 1. The zero-order valence-electron chi connectivity index (χ0n) is 14.5. The topological polar surface area (TPSA) is 66.6 Å². The summed E-state index contributed by atoms with van der Waals surface area (Å²) in [6.45, 7) is 3.00. The first-order valence-corrected chi connectivity index (χ1v) is 9.48. The van der Waals surface area contributed by atoms with Gasteiger partial charge in [0.15, 0.2) is 0 Å². The van der Waals surface area contributed by atoms with Crippen molar-refractivity contribution < 1.29 is 9.59 Å². The Kier molecular flexibility index (Phi) is 5.97. The first-order valence-electron chi connectivity index (χ1n) is 9.10. The molecule has 25 heavy (non-hydrogen) atoms. The molecule has 6 heteroatoms. The zero-order valence-corrected chi connectivity index (χ0v) is 15.3. The van der Waals surface area contributed by atoms with Gasteiger partial charge in [-0.3, -0.25) is 9.59 Å². The van der Waals surface area contributed by atoms with Crippen LogP contribution in [0.2, 0.25) is 5.02 Å². The summed E-state index contributed by atoms with van der Waals surface area (Å²) < 4.78 is 0. The fourth-order valence-corrected chi connectivity index (χ4v) is 4.17. The smallest absolute Gasteiger partial charge is 0.227 e. The first kappa shape index (κ1) is 18.2. The van der Waals surface area contributed by atoms with Crippen LogP contribution in [0.3, 0.4) is 0 Å². The van der Waals surface area contributed by atoms with Gasteiger partial charge in [0.2, 0.25) is 11.8 Å². The lowest BCUT2D eigenvalue weighted by Crippen LogP contribution is -2.52. The average Bonchev–Trinajstić information content (AvgIpc) is 3.12. The lowest BCUT2D eigenvalue weighted by molar-refractivity contribution is -0.142. The number of hydrogen-bond donors (Lipinski definition) is 1. The maximum absolute atomic E-state index is 12.7. The molecule has 1 saturated heterocycles. The average molecular weight is 364 g/mol. The maximum atomic E-state index is 12.7. The highest BCUT2D eigenvalue weighted by Gasteiger charge is 2.36. The van der Waals surface area contributed by atoms with Crippen molar-refractivity contribution in [2.75, 3.05) is 32.7 Å². The number of carbonyl (C=O) groups excluding carboxylic acids is 2. The molecule has 2 amide bonds. The standard InChI is InChI=1S/C19H26ClN3O2/c20-17-7-2-1-4-14(17)12-18(24)22-8-10-23(11-9-22)19(25)16-6-3-5-15(16)13-21/h1-2,4,7,15-16H,3,5-6,8-13,21H2/t15-,16-/m1/s1. The summed E-state index contributed by atoms with van der Waals surface area (Å²) in [7, 11) is 0. The number of halogens is 1. The van der Waals surface area contributed by atoms with E-state index in [0.717, 1.165) is 24.8 Å². The van der Waals surface area contributed by atoms with Gasteiger partial charge in [0, 0.05) is 37.1 Å². The molecule has 136 valence electrons. The van der Waals surface area contributed by atoms with Crippen LogP contribution >= 0.6 is 11.6 Å². The molecule has 1 aliphatic carbocycles. The van der Waals surface area contributed by atoms with Gasteiger partial charge in [-0.25, -0.2) is 0 Å². The summed E-state index contributed by atoms with van der Waals surface area (Å²) in [4.78, 5) is 29.0. The molecule has 2 fully saturated rings. The van der Waals surface area contributed by atoms with Crippen molar-refractivity contribution in [3.05, 3.63) is 34.9 Å². The van der Waals surface area contributed by atoms with E-state index in [1.165, 1.54) is 0 Å². The van der Waals surface area contributed by atoms with Gasteiger partial charge in [0.1, 0.15) is 0 Å². The minimum Gasteiger partial charge on any atom is -0.339 e. The van der Waals surface area contributed by atoms with Gasteiger partial charge in [-0.1, -0.05) is 36.2 Å². The van der Waals surface area contributed by atoms with E-state index in [9.17, 15) is 9.59 Å². The van der Waals surface area contributed by atoms with Crippen LogP contribution in [0, 0.1) is 11.8 Å². The van der Waals surface area contributed by atoms with E-state index in [1.54, 1.807) is 6.07 Å². The maximum Gasteiger partial charge on any atom is 0.227 e. The summed E-state index contributed by atoms with van der Waals surface area (Å²) in [5, 5.41) is 0.624. The van der Waals surface area contributed by atoms with E-state index in [1.807, 2.05) is 28.0 Å². The number of nitrogens with zero attached hydrogens (tertiary/aromatic N) is 2. The Morgan fingerprint density at radius 2 is 1.76 bits per heavy atom. The molecule has 0 unspecified atom stereocenters.